The van der Waals surface area contributed by atoms with Crippen molar-refractivity contribution in [3.63, 3.8) is 0 Å². The van der Waals surface area contributed by atoms with Crippen LogP contribution in [0.1, 0.15) is 32.1 Å². The van der Waals surface area contributed by atoms with Gasteiger partial charge >= 0.3 is 0 Å². The highest BCUT2D eigenvalue weighted by atomic mass is 16.5. The van der Waals surface area contributed by atoms with Crippen molar-refractivity contribution in [1.82, 2.24) is 0 Å². The molecule has 1 saturated carbocycles. The van der Waals surface area contributed by atoms with E-state index in [4.69, 9.17) is 10.5 Å². The number of rotatable bonds is 3. The highest BCUT2D eigenvalue weighted by molar-refractivity contribution is 4.97. The van der Waals surface area contributed by atoms with Crippen LogP contribution in [0.3, 0.4) is 0 Å². The molecule has 82 valence electrons. The maximum absolute atomic E-state index is 10.3. The molecule has 1 saturated heterocycles. The van der Waals surface area contributed by atoms with Crippen LogP contribution < -0.4 is 5.73 Å². The first-order valence-electron chi connectivity index (χ1n) is 5.74. The number of aliphatic hydroxyl groups excluding tert-OH is 1. The summed E-state index contributed by atoms with van der Waals surface area (Å²) in [5, 5.41) is 10.3. The van der Waals surface area contributed by atoms with E-state index in [2.05, 4.69) is 0 Å². The Kier molecular flexibility index (Phi) is 3.10. The van der Waals surface area contributed by atoms with Gasteiger partial charge in [-0.15, -0.1) is 0 Å². The van der Waals surface area contributed by atoms with Crippen LogP contribution in [-0.4, -0.2) is 31.0 Å². The van der Waals surface area contributed by atoms with Crippen molar-refractivity contribution in [3.8, 4) is 0 Å². The van der Waals surface area contributed by atoms with Crippen molar-refractivity contribution in [3.05, 3.63) is 0 Å². The van der Waals surface area contributed by atoms with E-state index >= 15 is 0 Å². The first kappa shape index (κ1) is 10.4. The van der Waals surface area contributed by atoms with Crippen LogP contribution in [-0.2, 0) is 4.74 Å². The van der Waals surface area contributed by atoms with Gasteiger partial charge in [0.05, 0.1) is 12.7 Å². The van der Waals surface area contributed by atoms with Crippen LogP contribution in [0.15, 0.2) is 0 Å². The van der Waals surface area contributed by atoms with Gasteiger partial charge in [0, 0.05) is 24.5 Å². The summed E-state index contributed by atoms with van der Waals surface area (Å²) in [6.45, 7) is 2.21. The molecule has 2 unspecified atom stereocenters. The first-order chi connectivity index (χ1) is 6.78. The number of hydrogen-bond donors (Lipinski definition) is 2. The van der Waals surface area contributed by atoms with Gasteiger partial charge in [0.1, 0.15) is 0 Å². The Balaban J connectivity index is 1.94. The number of nitrogens with two attached hydrogens (primary N) is 1. The molecule has 2 fully saturated rings. The molecule has 1 aliphatic heterocycles. The normalized spacial score (nSPS) is 33.4. The van der Waals surface area contributed by atoms with Crippen LogP contribution >= 0.6 is 0 Å². The summed E-state index contributed by atoms with van der Waals surface area (Å²) >= 11 is 0. The maximum Gasteiger partial charge on any atom is 0.0658 e. The Morgan fingerprint density at radius 1 is 1.43 bits per heavy atom. The zero-order chi connectivity index (χ0) is 10.0. The highest BCUT2D eigenvalue weighted by Crippen LogP contribution is 2.46. The second-order valence-electron chi connectivity index (χ2n) is 4.84. The lowest BCUT2D eigenvalue weighted by Gasteiger charge is -2.48. The minimum Gasteiger partial charge on any atom is -0.392 e. The highest BCUT2D eigenvalue weighted by Gasteiger charge is 2.45. The molecule has 0 bridgehead atoms. The summed E-state index contributed by atoms with van der Waals surface area (Å²) < 4.78 is 5.41. The monoisotopic (exact) mass is 199 g/mol. The third kappa shape index (κ3) is 1.69. The van der Waals surface area contributed by atoms with Crippen molar-refractivity contribution in [2.45, 2.75) is 38.2 Å². The minimum atomic E-state index is -0.235. The van der Waals surface area contributed by atoms with Gasteiger partial charge in [-0.05, 0) is 25.7 Å². The summed E-state index contributed by atoms with van der Waals surface area (Å²) in [6.07, 6.45) is 5.37. The SMILES string of the molecule is NCC1(C(O)C2CCCOC2)CCC1. The Morgan fingerprint density at radius 3 is 2.64 bits per heavy atom. The molecule has 2 aliphatic rings. The zero-order valence-electron chi connectivity index (χ0n) is 8.74. The zero-order valence-corrected chi connectivity index (χ0v) is 8.74. The van der Waals surface area contributed by atoms with Gasteiger partial charge in [0.2, 0.25) is 0 Å². The van der Waals surface area contributed by atoms with E-state index in [1.165, 1.54) is 6.42 Å². The number of aliphatic hydroxyl groups is 1. The molecular formula is C11H21NO2. The summed E-state index contributed by atoms with van der Waals surface area (Å²) in [5.74, 6) is 0.326. The third-order valence-electron chi connectivity index (χ3n) is 4.03. The van der Waals surface area contributed by atoms with Crippen molar-refractivity contribution < 1.29 is 9.84 Å². The number of hydrogen-bond acceptors (Lipinski definition) is 3. The van der Waals surface area contributed by atoms with E-state index in [-0.39, 0.29) is 11.5 Å². The van der Waals surface area contributed by atoms with E-state index in [9.17, 15) is 5.11 Å². The van der Waals surface area contributed by atoms with Crippen LogP contribution in [0.25, 0.3) is 0 Å². The van der Waals surface area contributed by atoms with Crippen molar-refractivity contribution in [2.24, 2.45) is 17.1 Å². The van der Waals surface area contributed by atoms with Crippen molar-refractivity contribution in [1.29, 1.82) is 0 Å². The maximum atomic E-state index is 10.3. The fourth-order valence-corrected chi connectivity index (χ4v) is 2.77. The largest absolute Gasteiger partial charge is 0.392 e. The molecule has 2 atom stereocenters. The summed E-state index contributed by atoms with van der Waals surface area (Å²) in [6, 6.07) is 0. The predicted octanol–water partition coefficient (Wildman–Crippen LogP) is 0.903. The topological polar surface area (TPSA) is 55.5 Å². The smallest absolute Gasteiger partial charge is 0.0658 e. The summed E-state index contributed by atoms with van der Waals surface area (Å²) in [5.41, 5.74) is 5.81. The predicted molar refractivity (Wildman–Crippen MR) is 54.9 cm³/mol. The molecule has 3 N–H and O–H groups in total. The second kappa shape index (κ2) is 4.17. The van der Waals surface area contributed by atoms with E-state index in [1.807, 2.05) is 0 Å². The standard InChI is InChI=1S/C11H21NO2/c12-8-11(4-2-5-11)10(13)9-3-1-6-14-7-9/h9-10,13H,1-8,12H2. The quantitative estimate of drug-likeness (QED) is 0.710. The van der Waals surface area contributed by atoms with Crippen LogP contribution in [0.2, 0.25) is 0 Å². The van der Waals surface area contributed by atoms with Crippen molar-refractivity contribution >= 4 is 0 Å². The molecule has 0 aromatic heterocycles. The van der Waals surface area contributed by atoms with Gasteiger partial charge in [-0.3, -0.25) is 0 Å². The van der Waals surface area contributed by atoms with Gasteiger partial charge in [-0.2, -0.15) is 0 Å². The van der Waals surface area contributed by atoms with Crippen LogP contribution in [0.5, 0.6) is 0 Å². The fourth-order valence-electron chi connectivity index (χ4n) is 2.77. The lowest BCUT2D eigenvalue weighted by molar-refractivity contribution is -0.0979. The summed E-state index contributed by atoms with van der Waals surface area (Å²) in [4.78, 5) is 0. The Morgan fingerprint density at radius 2 is 2.21 bits per heavy atom. The lowest BCUT2D eigenvalue weighted by Crippen LogP contribution is -2.51. The number of ether oxygens (including phenoxy) is 1. The second-order valence-corrected chi connectivity index (χ2v) is 4.84. The molecule has 0 aromatic rings. The van der Waals surface area contributed by atoms with E-state index in [1.54, 1.807) is 0 Å². The van der Waals surface area contributed by atoms with Gasteiger partial charge in [0.15, 0.2) is 0 Å². The molecule has 3 nitrogen and oxygen atoms in total. The molecule has 0 spiro atoms. The molecule has 1 aliphatic carbocycles. The molecule has 0 radical (unpaired) electrons. The average Bonchev–Trinajstić information content (AvgIpc) is 2.18. The Hall–Kier alpha value is -0.120. The van der Waals surface area contributed by atoms with Gasteiger partial charge in [-0.25, -0.2) is 0 Å². The van der Waals surface area contributed by atoms with E-state index < -0.39 is 0 Å². The van der Waals surface area contributed by atoms with Gasteiger partial charge in [0.25, 0.3) is 0 Å². The lowest BCUT2D eigenvalue weighted by atomic mass is 9.62. The van der Waals surface area contributed by atoms with E-state index in [0.717, 1.165) is 38.9 Å². The van der Waals surface area contributed by atoms with Gasteiger partial charge in [-0.1, -0.05) is 6.42 Å². The van der Waals surface area contributed by atoms with Crippen LogP contribution in [0, 0.1) is 11.3 Å². The molecule has 3 heteroatoms. The average molecular weight is 199 g/mol. The van der Waals surface area contributed by atoms with Gasteiger partial charge < -0.3 is 15.6 Å². The Bertz CT molecular complexity index is 180. The first-order valence-corrected chi connectivity index (χ1v) is 5.74. The van der Waals surface area contributed by atoms with Crippen LogP contribution in [0.4, 0.5) is 0 Å². The summed E-state index contributed by atoms with van der Waals surface area (Å²) in [7, 11) is 0. The Labute approximate surface area is 85.6 Å². The third-order valence-corrected chi connectivity index (χ3v) is 4.03. The molecule has 0 aromatic carbocycles. The van der Waals surface area contributed by atoms with E-state index in [0.29, 0.717) is 12.5 Å². The molecule has 14 heavy (non-hydrogen) atoms. The fraction of sp³-hybridized carbons (Fsp3) is 1.00. The molecule has 2 rings (SSSR count). The molecular weight excluding hydrogens is 178 g/mol. The van der Waals surface area contributed by atoms with Crippen molar-refractivity contribution in [2.75, 3.05) is 19.8 Å². The molecule has 0 amide bonds. The minimum absolute atomic E-state index is 0.0331. The molecule has 1 heterocycles.